The van der Waals surface area contributed by atoms with Crippen LogP contribution in [0.25, 0.3) is 0 Å². The fourth-order valence-electron chi connectivity index (χ4n) is 2.32. The van der Waals surface area contributed by atoms with E-state index >= 15 is 0 Å². The Bertz CT molecular complexity index is 858. The highest BCUT2D eigenvalue weighted by Crippen LogP contribution is 2.35. The fourth-order valence-corrected chi connectivity index (χ4v) is 2.32. The van der Waals surface area contributed by atoms with Gasteiger partial charge in [0.2, 0.25) is 5.95 Å². The first-order valence-corrected chi connectivity index (χ1v) is 8.32. The number of hydrogen-bond donors (Lipinski definition) is 3. The maximum atomic E-state index is 14.3. The summed E-state index contributed by atoms with van der Waals surface area (Å²) in [5, 5.41) is 7.60. The number of anilines is 3. The van der Waals surface area contributed by atoms with Crippen molar-refractivity contribution in [3.8, 4) is 5.75 Å². The molecule has 28 heavy (non-hydrogen) atoms. The van der Waals surface area contributed by atoms with E-state index in [2.05, 4.69) is 25.9 Å². The molecule has 0 saturated heterocycles. The molecular weight excluding hydrogens is 382 g/mol. The van der Waals surface area contributed by atoms with Gasteiger partial charge in [0.1, 0.15) is 22.9 Å². The van der Waals surface area contributed by atoms with Crippen LogP contribution in [0.3, 0.4) is 0 Å². The standard InChI is InChI=1S/C17H19F4N5O2/c1-4-22-14-10(17(19,20)21)8-24-16(26-14)25-12-7-11(18)9(6-13(12)28-3)15(27)23-5-2/h6-8H,4-5H2,1-3H3,(H,23,27)(H2,22,24,25,26). The van der Waals surface area contributed by atoms with E-state index in [9.17, 15) is 22.4 Å². The summed E-state index contributed by atoms with van der Waals surface area (Å²) in [4.78, 5) is 19.3. The minimum absolute atomic E-state index is 0.0512. The van der Waals surface area contributed by atoms with Gasteiger partial charge in [-0.15, -0.1) is 0 Å². The Morgan fingerprint density at radius 2 is 1.93 bits per heavy atom. The van der Waals surface area contributed by atoms with Gasteiger partial charge in [0, 0.05) is 25.4 Å². The largest absolute Gasteiger partial charge is 0.495 e. The van der Waals surface area contributed by atoms with Crippen molar-refractivity contribution in [2.24, 2.45) is 0 Å². The normalized spacial score (nSPS) is 11.1. The number of ether oxygens (including phenoxy) is 1. The topological polar surface area (TPSA) is 88.2 Å². The summed E-state index contributed by atoms with van der Waals surface area (Å²) in [6.07, 6.45) is -4.01. The third kappa shape index (κ3) is 4.78. The van der Waals surface area contributed by atoms with Crippen LogP contribution in [0.1, 0.15) is 29.8 Å². The Labute approximate surface area is 158 Å². The number of hydrogen-bond acceptors (Lipinski definition) is 6. The van der Waals surface area contributed by atoms with Crippen LogP contribution in [0.15, 0.2) is 18.3 Å². The van der Waals surface area contributed by atoms with Crippen molar-refractivity contribution in [1.29, 1.82) is 0 Å². The molecule has 0 spiro atoms. The lowest BCUT2D eigenvalue weighted by atomic mass is 10.1. The van der Waals surface area contributed by atoms with Crippen LogP contribution in [-0.2, 0) is 6.18 Å². The van der Waals surface area contributed by atoms with Crippen molar-refractivity contribution in [1.82, 2.24) is 15.3 Å². The third-order valence-electron chi connectivity index (χ3n) is 3.56. The Hall–Kier alpha value is -3.11. The van der Waals surface area contributed by atoms with Gasteiger partial charge in [-0.25, -0.2) is 9.37 Å². The zero-order chi connectivity index (χ0) is 20.9. The number of methoxy groups -OCH3 is 1. The average Bonchev–Trinajstić information content (AvgIpc) is 2.61. The number of carbonyl (C=O) groups excluding carboxylic acids is 1. The number of amides is 1. The molecule has 0 radical (unpaired) electrons. The maximum absolute atomic E-state index is 14.3. The zero-order valence-corrected chi connectivity index (χ0v) is 15.4. The van der Waals surface area contributed by atoms with Crippen molar-refractivity contribution in [2.45, 2.75) is 20.0 Å². The Kier molecular flexibility index (Phi) is 6.60. The van der Waals surface area contributed by atoms with E-state index in [4.69, 9.17) is 4.74 Å². The predicted octanol–water partition coefficient (Wildman–Crippen LogP) is 3.57. The molecule has 2 rings (SSSR count). The van der Waals surface area contributed by atoms with Crippen LogP contribution in [-0.4, -0.2) is 36.1 Å². The van der Waals surface area contributed by atoms with Crippen molar-refractivity contribution < 1.29 is 27.1 Å². The molecule has 1 heterocycles. The highest BCUT2D eigenvalue weighted by Gasteiger charge is 2.35. The lowest BCUT2D eigenvalue weighted by Crippen LogP contribution is -2.23. The zero-order valence-electron chi connectivity index (χ0n) is 15.4. The highest BCUT2D eigenvalue weighted by atomic mass is 19.4. The molecule has 0 aliphatic carbocycles. The van der Waals surface area contributed by atoms with E-state index in [1.54, 1.807) is 13.8 Å². The quantitative estimate of drug-likeness (QED) is 0.615. The van der Waals surface area contributed by atoms with Gasteiger partial charge in [-0.05, 0) is 19.9 Å². The minimum atomic E-state index is -4.63. The van der Waals surface area contributed by atoms with Crippen molar-refractivity contribution in [3.63, 3.8) is 0 Å². The summed E-state index contributed by atoms with van der Waals surface area (Å²) in [6, 6.07) is 2.16. The number of alkyl halides is 3. The Balaban J connectivity index is 2.41. The second kappa shape index (κ2) is 8.72. The maximum Gasteiger partial charge on any atom is 0.421 e. The van der Waals surface area contributed by atoms with Gasteiger partial charge in [0.15, 0.2) is 0 Å². The number of aromatic nitrogens is 2. The van der Waals surface area contributed by atoms with Crippen molar-refractivity contribution in [2.75, 3.05) is 30.8 Å². The number of halogens is 4. The van der Waals surface area contributed by atoms with Crippen LogP contribution >= 0.6 is 0 Å². The Morgan fingerprint density at radius 3 is 2.50 bits per heavy atom. The van der Waals surface area contributed by atoms with Gasteiger partial charge in [-0.2, -0.15) is 18.2 Å². The number of nitrogens with one attached hydrogen (secondary N) is 3. The molecule has 152 valence electrons. The van der Waals surface area contributed by atoms with E-state index < -0.39 is 29.3 Å². The average molecular weight is 401 g/mol. The molecule has 0 saturated carbocycles. The summed E-state index contributed by atoms with van der Waals surface area (Å²) >= 11 is 0. The van der Waals surface area contributed by atoms with Gasteiger partial charge in [0.05, 0.1) is 18.4 Å². The SMILES string of the molecule is CCNC(=O)c1cc(OC)c(Nc2ncc(C(F)(F)F)c(NCC)n2)cc1F. The molecule has 0 aliphatic rings. The van der Waals surface area contributed by atoms with Gasteiger partial charge >= 0.3 is 6.18 Å². The van der Waals surface area contributed by atoms with E-state index in [0.29, 0.717) is 12.7 Å². The first-order chi connectivity index (χ1) is 13.2. The number of rotatable bonds is 7. The summed E-state index contributed by atoms with van der Waals surface area (Å²) < 4.78 is 58.6. The van der Waals surface area contributed by atoms with Crippen LogP contribution in [0, 0.1) is 5.82 Å². The molecule has 2 aromatic rings. The molecule has 11 heteroatoms. The van der Waals surface area contributed by atoms with Gasteiger partial charge in [-0.1, -0.05) is 0 Å². The number of nitrogens with zero attached hydrogens (tertiary/aromatic N) is 2. The van der Waals surface area contributed by atoms with Crippen LogP contribution in [0.4, 0.5) is 35.0 Å². The molecule has 0 fully saturated rings. The summed E-state index contributed by atoms with van der Waals surface area (Å²) in [7, 11) is 1.30. The van der Waals surface area contributed by atoms with E-state index in [1.807, 2.05) is 0 Å². The van der Waals surface area contributed by atoms with Crippen molar-refractivity contribution in [3.05, 3.63) is 35.3 Å². The first kappa shape index (κ1) is 21.2. The lowest BCUT2D eigenvalue weighted by molar-refractivity contribution is -0.137. The number of benzene rings is 1. The van der Waals surface area contributed by atoms with Gasteiger partial charge < -0.3 is 20.7 Å². The second-order valence-corrected chi connectivity index (χ2v) is 5.50. The van der Waals surface area contributed by atoms with Crippen molar-refractivity contribution >= 4 is 23.4 Å². The molecule has 0 aliphatic heterocycles. The summed E-state index contributed by atoms with van der Waals surface area (Å²) in [6.45, 7) is 3.83. The smallest absolute Gasteiger partial charge is 0.421 e. The summed E-state index contributed by atoms with van der Waals surface area (Å²) in [5.41, 5.74) is -1.20. The lowest BCUT2D eigenvalue weighted by Gasteiger charge is -2.15. The molecule has 3 N–H and O–H groups in total. The monoisotopic (exact) mass is 401 g/mol. The van der Waals surface area contributed by atoms with Gasteiger partial charge in [-0.3, -0.25) is 4.79 Å². The molecule has 0 bridgehead atoms. The summed E-state index contributed by atoms with van der Waals surface area (Å²) in [5.74, 6) is -1.98. The molecule has 1 aromatic heterocycles. The minimum Gasteiger partial charge on any atom is -0.495 e. The van der Waals surface area contributed by atoms with E-state index in [0.717, 1.165) is 6.07 Å². The van der Waals surface area contributed by atoms with Crippen LogP contribution < -0.4 is 20.7 Å². The van der Waals surface area contributed by atoms with E-state index in [-0.39, 0.29) is 29.5 Å². The molecule has 1 amide bonds. The predicted molar refractivity (Wildman–Crippen MR) is 95.4 cm³/mol. The molecule has 0 unspecified atom stereocenters. The molecular formula is C17H19F4N5O2. The second-order valence-electron chi connectivity index (χ2n) is 5.50. The molecule has 7 nitrogen and oxygen atoms in total. The number of carbonyl (C=O) groups is 1. The third-order valence-corrected chi connectivity index (χ3v) is 3.56. The first-order valence-electron chi connectivity index (χ1n) is 8.32. The Morgan fingerprint density at radius 1 is 1.21 bits per heavy atom. The molecule has 1 aromatic carbocycles. The van der Waals surface area contributed by atoms with Gasteiger partial charge in [0.25, 0.3) is 5.91 Å². The highest BCUT2D eigenvalue weighted by molar-refractivity contribution is 5.95. The van der Waals surface area contributed by atoms with E-state index in [1.165, 1.54) is 13.2 Å². The molecule has 0 atom stereocenters. The fraction of sp³-hybridized carbons (Fsp3) is 0.353. The van der Waals surface area contributed by atoms with Crippen LogP contribution in [0.5, 0.6) is 5.75 Å². The van der Waals surface area contributed by atoms with Crippen LogP contribution in [0.2, 0.25) is 0 Å².